The zero-order valence-electron chi connectivity index (χ0n) is 28.1. The third kappa shape index (κ3) is 14.4. The summed E-state index contributed by atoms with van der Waals surface area (Å²) in [6, 6.07) is 8.05. The van der Waals surface area contributed by atoms with Crippen LogP contribution in [0.3, 0.4) is 0 Å². The zero-order valence-corrected chi connectivity index (χ0v) is 28.1. The number of hydrogen-bond donors (Lipinski definition) is 5. The van der Waals surface area contributed by atoms with Crippen molar-refractivity contribution in [2.45, 2.75) is 122 Å². The zero-order chi connectivity index (χ0) is 33.4. The van der Waals surface area contributed by atoms with Crippen molar-refractivity contribution in [2.24, 2.45) is 17.8 Å². The molecule has 1 aliphatic carbocycles. The van der Waals surface area contributed by atoms with Gasteiger partial charge in [0.05, 0.1) is 18.1 Å². The Morgan fingerprint density at radius 2 is 1.67 bits per heavy atom. The van der Waals surface area contributed by atoms with Crippen molar-refractivity contribution in [3.8, 4) is 12.3 Å². The number of likely N-dealkylation sites (N-methyl/N-ethyl adjacent to an activating group) is 1. The van der Waals surface area contributed by atoms with Crippen LogP contribution in [0.5, 0.6) is 0 Å². The lowest BCUT2D eigenvalue weighted by molar-refractivity contribution is -0.136. The summed E-state index contributed by atoms with van der Waals surface area (Å²) < 4.78 is 0. The van der Waals surface area contributed by atoms with Crippen LogP contribution in [0.25, 0.3) is 0 Å². The number of aliphatic hydroxyl groups excluding tert-OH is 2. The molecular formula is C36H58N4O5. The summed E-state index contributed by atoms with van der Waals surface area (Å²) in [6.07, 6.45) is 10.1. The van der Waals surface area contributed by atoms with Gasteiger partial charge in [0.15, 0.2) is 0 Å². The minimum atomic E-state index is -1.15. The second-order valence-electron chi connectivity index (χ2n) is 13.5. The molecule has 0 unspecified atom stereocenters. The maximum Gasteiger partial charge on any atom is 0.243 e. The highest BCUT2D eigenvalue weighted by molar-refractivity contribution is 5.91. The van der Waals surface area contributed by atoms with E-state index in [1.807, 2.05) is 58.0 Å². The van der Waals surface area contributed by atoms with Crippen LogP contribution in [0.4, 0.5) is 0 Å². The summed E-state index contributed by atoms with van der Waals surface area (Å²) in [5.74, 6) is 1.19. The van der Waals surface area contributed by atoms with Crippen LogP contribution in [0.1, 0.15) is 91.0 Å². The third-order valence-corrected chi connectivity index (χ3v) is 8.66. The van der Waals surface area contributed by atoms with Gasteiger partial charge < -0.3 is 31.1 Å². The van der Waals surface area contributed by atoms with Crippen molar-refractivity contribution in [2.75, 3.05) is 20.1 Å². The van der Waals surface area contributed by atoms with Crippen LogP contribution in [0, 0.1) is 30.1 Å². The fourth-order valence-electron chi connectivity index (χ4n) is 6.02. The highest BCUT2D eigenvalue weighted by Crippen LogP contribution is 2.29. The average Bonchev–Trinajstić information content (AvgIpc) is 3.00. The quantitative estimate of drug-likeness (QED) is 0.150. The molecule has 0 radical (unpaired) electrons. The number of rotatable bonds is 19. The molecule has 1 saturated carbocycles. The van der Waals surface area contributed by atoms with Gasteiger partial charge in [-0.3, -0.25) is 14.4 Å². The highest BCUT2D eigenvalue weighted by atomic mass is 16.3. The largest absolute Gasteiger partial charge is 0.390 e. The van der Waals surface area contributed by atoms with Gasteiger partial charge in [-0.15, -0.1) is 12.3 Å². The molecule has 1 fully saturated rings. The molecule has 1 aromatic carbocycles. The van der Waals surface area contributed by atoms with Crippen LogP contribution < -0.4 is 16.0 Å². The van der Waals surface area contributed by atoms with Gasteiger partial charge in [0, 0.05) is 39.0 Å². The molecule has 5 N–H and O–H groups in total. The molecule has 252 valence electrons. The SMILES string of the molecule is C#CC[C@H](NC(=O)[C@H](CC(=O)N(C)CCNC(C)C)Cc1ccccc1)C(=O)N[C@H](CC1CCCCC1)[C@@H](O)[C@H](O)CC(C)C. The first kappa shape index (κ1) is 38.3. The van der Waals surface area contributed by atoms with Crippen molar-refractivity contribution >= 4 is 17.7 Å². The molecule has 1 aromatic rings. The fourth-order valence-corrected chi connectivity index (χ4v) is 6.02. The van der Waals surface area contributed by atoms with Crippen LogP contribution in [-0.4, -0.2) is 83.3 Å². The number of terminal acetylenes is 1. The first-order valence-electron chi connectivity index (χ1n) is 16.8. The van der Waals surface area contributed by atoms with E-state index in [-0.39, 0.29) is 24.7 Å². The molecular weight excluding hydrogens is 568 g/mol. The molecule has 0 aromatic heterocycles. The summed E-state index contributed by atoms with van der Waals surface area (Å²) in [5, 5.41) is 31.0. The van der Waals surface area contributed by atoms with E-state index < -0.39 is 42.0 Å². The standard InChI is InChI=1S/C36H58N4O5/c1-7-14-30(36(45)39-31(23-28-17-12-9-13-18-28)34(43)32(41)21-25(2)3)38-35(44)29(22-27-15-10-8-11-16-27)24-33(42)40(6)20-19-37-26(4)5/h1,8,10-11,15-16,25-26,28-32,34,37,41,43H,9,12-14,17-24H2,2-6H3,(H,38,44)(H,39,45)/t29-,30-,31+,32+,34+/m0/s1. The van der Waals surface area contributed by atoms with Crippen LogP contribution in [0.15, 0.2) is 30.3 Å². The highest BCUT2D eigenvalue weighted by Gasteiger charge is 2.34. The van der Waals surface area contributed by atoms with Crippen LogP contribution >= 0.6 is 0 Å². The molecule has 0 heterocycles. The average molecular weight is 627 g/mol. The Morgan fingerprint density at radius 3 is 2.27 bits per heavy atom. The number of carbonyl (C=O) groups is 3. The number of aliphatic hydroxyl groups is 2. The van der Waals surface area contributed by atoms with Gasteiger partial charge >= 0.3 is 0 Å². The Hall–Kier alpha value is -2.93. The summed E-state index contributed by atoms with van der Waals surface area (Å²) in [4.78, 5) is 42.2. The number of nitrogens with zero attached hydrogens (tertiary/aromatic N) is 1. The van der Waals surface area contributed by atoms with E-state index in [2.05, 4.69) is 21.9 Å². The molecule has 0 bridgehead atoms. The first-order chi connectivity index (χ1) is 21.4. The number of benzene rings is 1. The molecule has 2 rings (SSSR count). The number of carbonyl (C=O) groups excluding carboxylic acids is 3. The van der Waals surface area contributed by atoms with Gasteiger partial charge in [0.25, 0.3) is 0 Å². The lowest BCUT2D eigenvalue weighted by Gasteiger charge is -2.33. The first-order valence-corrected chi connectivity index (χ1v) is 16.8. The van der Waals surface area contributed by atoms with Gasteiger partial charge in [-0.05, 0) is 36.7 Å². The predicted octanol–water partition coefficient (Wildman–Crippen LogP) is 3.42. The molecule has 1 aliphatic rings. The van der Waals surface area contributed by atoms with Crippen molar-refractivity contribution in [1.82, 2.24) is 20.9 Å². The molecule has 0 aliphatic heterocycles. The number of amides is 3. The Morgan fingerprint density at radius 1 is 1.00 bits per heavy atom. The van der Waals surface area contributed by atoms with E-state index in [1.54, 1.807) is 11.9 Å². The van der Waals surface area contributed by atoms with E-state index in [0.717, 1.165) is 31.2 Å². The molecule has 9 nitrogen and oxygen atoms in total. The topological polar surface area (TPSA) is 131 Å². The second-order valence-corrected chi connectivity index (χ2v) is 13.5. The lowest BCUT2D eigenvalue weighted by Crippen LogP contribution is -2.56. The van der Waals surface area contributed by atoms with E-state index in [4.69, 9.17) is 6.42 Å². The maximum absolute atomic E-state index is 13.7. The Balaban J connectivity index is 2.20. The van der Waals surface area contributed by atoms with Crippen molar-refractivity contribution in [3.05, 3.63) is 35.9 Å². The van der Waals surface area contributed by atoms with Gasteiger partial charge in [-0.25, -0.2) is 0 Å². The van der Waals surface area contributed by atoms with Gasteiger partial charge in [0.1, 0.15) is 12.1 Å². The molecule has 9 heteroatoms. The summed E-state index contributed by atoms with van der Waals surface area (Å²) in [7, 11) is 1.72. The van der Waals surface area contributed by atoms with Crippen molar-refractivity contribution < 1.29 is 24.6 Å². The number of nitrogens with one attached hydrogen (secondary N) is 3. The van der Waals surface area contributed by atoms with Gasteiger partial charge in [0.2, 0.25) is 17.7 Å². The Labute approximate surface area is 271 Å². The van der Waals surface area contributed by atoms with Gasteiger partial charge in [-0.2, -0.15) is 0 Å². The molecule has 0 saturated heterocycles. The minimum absolute atomic E-state index is 0.0201. The maximum atomic E-state index is 13.7. The normalized spacial score (nSPS) is 17.2. The van der Waals surface area contributed by atoms with E-state index in [9.17, 15) is 24.6 Å². The molecule has 45 heavy (non-hydrogen) atoms. The van der Waals surface area contributed by atoms with E-state index in [0.29, 0.717) is 44.3 Å². The van der Waals surface area contributed by atoms with Crippen LogP contribution in [0.2, 0.25) is 0 Å². The van der Waals surface area contributed by atoms with Crippen LogP contribution in [-0.2, 0) is 20.8 Å². The lowest BCUT2D eigenvalue weighted by atomic mass is 9.82. The van der Waals surface area contributed by atoms with E-state index >= 15 is 0 Å². The fraction of sp³-hybridized carbons (Fsp3) is 0.694. The van der Waals surface area contributed by atoms with Crippen molar-refractivity contribution in [1.29, 1.82) is 0 Å². The second kappa shape index (κ2) is 20.2. The summed E-state index contributed by atoms with van der Waals surface area (Å²) in [6.45, 7) is 9.17. The third-order valence-electron chi connectivity index (χ3n) is 8.66. The smallest absolute Gasteiger partial charge is 0.243 e. The molecule has 5 atom stereocenters. The molecule has 3 amide bonds. The summed E-state index contributed by atoms with van der Waals surface area (Å²) in [5.41, 5.74) is 0.905. The Bertz CT molecular complexity index is 1070. The summed E-state index contributed by atoms with van der Waals surface area (Å²) >= 11 is 0. The predicted molar refractivity (Wildman–Crippen MR) is 179 cm³/mol. The molecule has 0 spiro atoms. The van der Waals surface area contributed by atoms with Gasteiger partial charge in [-0.1, -0.05) is 90.1 Å². The Kier molecular flexibility index (Phi) is 17.2. The van der Waals surface area contributed by atoms with E-state index in [1.165, 1.54) is 6.42 Å². The number of hydrogen-bond acceptors (Lipinski definition) is 6. The minimum Gasteiger partial charge on any atom is -0.390 e. The van der Waals surface area contributed by atoms with Crippen molar-refractivity contribution in [3.63, 3.8) is 0 Å². The monoisotopic (exact) mass is 626 g/mol.